The molecule has 0 aliphatic heterocycles. The Labute approximate surface area is 167 Å². The van der Waals surface area contributed by atoms with Gasteiger partial charge in [-0.05, 0) is 17.5 Å². The number of hydrogen-bond acceptors (Lipinski definition) is 2. The fourth-order valence-electron chi connectivity index (χ4n) is 3.58. The third-order valence-corrected chi connectivity index (χ3v) is 5.04. The van der Waals surface area contributed by atoms with Gasteiger partial charge in [-0.25, -0.2) is 4.98 Å². The molecule has 28 heavy (non-hydrogen) atoms. The third kappa shape index (κ3) is 5.10. The number of imidazole rings is 1. The van der Waals surface area contributed by atoms with Gasteiger partial charge < -0.3 is 10.3 Å². The van der Waals surface area contributed by atoms with Crippen LogP contribution < -0.4 is 5.73 Å². The number of rotatable bonds is 10. The van der Waals surface area contributed by atoms with Gasteiger partial charge in [0.05, 0.1) is 5.69 Å². The smallest absolute Gasteiger partial charge is 0.284 e. The van der Waals surface area contributed by atoms with Crippen molar-refractivity contribution < 1.29 is 4.79 Å². The average Bonchev–Trinajstić information content (AvgIpc) is 3.04. The maximum atomic E-state index is 12.1. The van der Waals surface area contributed by atoms with Crippen LogP contribution in [0.5, 0.6) is 0 Å². The van der Waals surface area contributed by atoms with Crippen molar-refractivity contribution in [3.63, 3.8) is 0 Å². The molecule has 2 aromatic carbocycles. The number of nitrogens with zero attached hydrogens (tertiary/aromatic N) is 2. The molecule has 4 heteroatoms. The lowest BCUT2D eigenvalue weighted by atomic mass is 10.0. The molecule has 0 unspecified atom stereocenters. The van der Waals surface area contributed by atoms with E-state index in [1.165, 1.54) is 24.0 Å². The van der Waals surface area contributed by atoms with E-state index in [4.69, 9.17) is 5.73 Å². The molecule has 3 rings (SSSR count). The van der Waals surface area contributed by atoms with Crippen molar-refractivity contribution in [3.05, 3.63) is 89.0 Å². The van der Waals surface area contributed by atoms with Gasteiger partial charge in [0.1, 0.15) is 0 Å². The van der Waals surface area contributed by atoms with Crippen molar-refractivity contribution in [3.8, 4) is 0 Å². The second-order valence-electron chi connectivity index (χ2n) is 7.23. The predicted octanol–water partition coefficient (Wildman–Crippen LogP) is 4.74. The SMILES string of the molecule is CCCCCCn1c(C(N)=O)nc(Cc2ccccc2)c1Cc1ccccc1. The van der Waals surface area contributed by atoms with E-state index < -0.39 is 5.91 Å². The van der Waals surface area contributed by atoms with Gasteiger partial charge in [-0.1, -0.05) is 86.8 Å². The van der Waals surface area contributed by atoms with E-state index in [0.29, 0.717) is 12.2 Å². The predicted molar refractivity (Wildman–Crippen MR) is 113 cm³/mol. The number of carbonyl (C=O) groups is 1. The largest absolute Gasteiger partial charge is 0.363 e. The van der Waals surface area contributed by atoms with Crippen molar-refractivity contribution in [2.24, 2.45) is 5.73 Å². The lowest BCUT2D eigenvalue weighted by Gasteiger charge is -2.12. The summed E-state index contributed by atoms with van der Waals surface area (Å²) in [6.45, 7) is 2.98. The number of primary amides is 1. The normalized spacial score (nSPS) is 10.9. The molecule has 1 heterocycles. The number of unbranched alkanes of at least 4 members (excludes halogenated alkanes) is 3. The van der Waals surface area contributed by atoms with Crippen LogP contribution >= 0.6 is 0 Å². The highest BCUT2D eigenvalue weighted by Gasteiger charge is 2.20. The van der Waals surface area contributed by atoms with Crippen LogP contribution in [0.3, 0.4) is 0 Å². The summed E-state index contributed by atoms with van der Waals surface area (Å²) in [6, 6.07) is 20.6. The van der Waals surface area contributed by atoms with Crippen LogP contribution in [0, 0.1) is 0 Å². The van der Waals surface area contributed by atoms with Gasteiger partial charge in [0.15, 0.2) is 5.82 Å². The minimum absolute atomic E-state index is 0.383. The fraction of sp³-hybridized carbons (Fsp3) is 0.333. The standard InChI is InChI=1S/C24H29N3O/c1-2-3-4-11-16-27-22(18-20-14-9-6-10-15-20)21(26-24(27)23(25)28)17-19-12-7-5-8-13-19/h5-10,12-15H,2-4,11,16-18H2,1H3,(H2,25,28). The van der Waals surface area contributed by atoms with Gasteiger partial charge in [-0.3, -0.25) is 4.79 Å². The van der Waals surface area contributed by atoms with E-state index in [0.717, 1.165) is 37.2 Å². The van der Waals surface area contributed by atoms with Crippen LogP contribution in [-0.2, 0) is 19.4 Å². The van der Waals surface area contributed by atoms with E-state index in [-0.39, 0.29) is 0 Å². The number of nitrogens with two attached hydrogens (primary N) is 1. The lowest BCUT2D eigenvalue weighted by Crippen LogP contribution is -2.19. The Kier molecular flexibility index (Phi) is 7.01. The van der Waals surface area contributed by atoms with Gasteiger partial charge in [0.25, 0.3) is 5.91 Å². The quantitative estimate of drug-likeness (QED) is 0.520. The first-order chi connectivity index (χ1) is 13.7. The molecule has 0 radical (unpaired) electrons. The molecule has 4 nitrogen and oxygen atoms in total. The molecule has 0 bridgehead atoms. The highest BCUT2D eigenvalue weighted by molar-refractivity contribution is 5.89. The maximum absolute atomic E-state index is 12.1. The molecule has 0 saturated carbocycles. The van der Waals surface area contributed by atoms with Crippen molar-refractivity contribution in [1.29, 1.82) is 0 Å². The summed E-state index contributed by atoms with van der Waals surface area (Å²) in [4.78, 5) is 16.8. The molecule has 1 amide bonds. The van der Waals surface area contributed by atoms with Crippen molar-refractivity contribution in [1.82, 2.24) is 9.55 Å². The monoisotopic (exact) mass is 375 g/mol. The van der Waals surface area contributed by atoms with Gasteiger partial charge >= 0.3 is 0 Å². The summed E-state index contributed by atoms with van der Waals surface area (Å²) in [5, 5.41) is 0. The first kappa shape index (κ1) is 19.9. The number of carbonyl (C=O) groups excluding carboxylic acids is 1. The third-order valence-electron chi connectivity index (χ3n) is 5.04. The maximum Gasteiger partial charge on any atom is 0.284 e. The minimum Gasteiger partial charge on any atom is -0.363 e. The Morgan fingerprint density at radius 1 is 0.893 bits per heavy atom. The summed E-state index contributed by atoms with van der Waals surface area (Å²) < 4.78 is 2.06. The second-order valence-corrected chi connectivity index (χ2v) is 7.23. The number of hydrogen-bond donors (Lipinski definition) is 1. The molecule has 0 aliphatic carbocycles. The van der Waals surface area contributed by atoms with Gasteiger partial charge in [-0.2, -0.15) is 0 Å². The second kappa shape index (κ2) is 9.88. The van der Waals surface area contributed by atoms with E-state index in [1.54, 1.807) is 0 Å². The highest BCUT2D eigenvalue weighted by Crippen LogP contribution is 2.21. The van der Waals surface area contributed by atoms with Crippen LogP contribution in [0.15, 0.2) is 60.7 Å². The average molecular weight is 376 g/mol. The summed E-state index contributed by atoms with van der Waals surface area (Å²) in [6.07, 6.45) is 6.00. The molecule has 0 saturated heterocycles. The lowest BCUT2D eigenvalue weighted by molar-refractivity contribution is 0.0985. The zero-order valence-corrected chi connectivity index (χ0v) is 16.6. The van der Waals surface area contributed by atoms with Crippen molar-refractivity contribution in [2.45, 2.75) is 52.0 Å². The zero-order chi connectivity index (χ0) is 19.8. The summed E-state index contributed by atoms with van der Waals surface area (Å²) in [7, 11) is 0. The van der Waals surface area contributed by atoms with E-state index in [2.05, 4.69) is 40.7 Å². The first-order valence-corrected chi connectivity index (χ1v) is 10.1. The minimum atomic E-state index is -0.455. The first-order valence-electron chi connectivity index (χ1n) is 10.1. The van der Waals surface area contributed by atoms with Crippen LogP contribution in [0.1, 0.15) is 65.7 Å². The summed E-state index contributed by atoms with van der Waals surface area (Å²) in [5.41, 5.74) is 10.1. The highest BCUT2D eigenvalue weighted by atomic mass is 16.1. The molecule has 0 aliphatic rings. The van der Waals surface area contributed by atoms with Crippen molar-refractivity contribution >= 4 is 5.91 Å². The Morgan fingerprint density at radius 2 is 1.50 bits per heavy atom. The van der Waals surface area contributed by atoms with Crippen LogP contribution in [0.2, 0.25) is 0 Å². The Bertz CT molecular complexity index is 885. The number of aromatic nitrogens is 2. The van der Waals surface area contributed by atoms with E-state index in [1.807, 2.05) is 36.4 Å². The van der Waals surface area contributed by atoms with Gasteiger partial charge in [0.2, 0.25) is 0 Å². The molecule has 0 atom stereocenters. The van der Waals surface area contributed by atoms with Crippen LogP contribution in [0.4, 0.5) is 0 Å². The zero-order valence-electron chi connectivity index (χ0n) is 16.6. The molecular weight excluding hydrogens is 346 g/mol. The Balaban J connectivity index is 1.97. The van der Waals surface area contributed by atoms with E-state index in [9.17, 15) is 4.79 Å². The molecule has 0 spiro atoms. The van der Waals surface area contributed by atoms with Crippen LogP contribution in [0.25, 0.3) is 0 Å². The van der Waals surface area contributed by atoms with Gasteiger partial charge in [-0.15, -0.1) is 0 Å². The molecule has 3 aromatic rings. The number of benzene rings is 2. The molecule has 2 N–H and O–H groups in total. The van der Waals surface area contributed by atoms with Crippen molar-refractivity contribution in [2.75, 3.05) is 0 Å². The van der Waals surface area contributed by atoms with Gasteiger partial charge in [0, 0.05) is 25.1 Å². The Hall–Kier alpha value is -2.88. The van der Waals surface area contributed by atoms with E-state index >= 15 is 0 Å². The molecule has 1 aromatic heterocycles. The Morgan fingerprint density at radius 3 is 2.07 bits per heavy atom. The summed E-state index contributed by atoms with van der Waals surface area (Å²) >= 11 is 0. The molecular formula is C24H29N3O. The number of amides is 1. The molecule has 0 fully saturated rings. The van der Waals surface area contributed by atoms with Crippen LogP contribution in [-0.4, -0.2) is 15.5 Å². The topological polar surface area (TPSA) is 60.9 Å². The molecule has 146 valence electrons. The fourth-order valence-corrected chi connectivity index (χ4v) is 3.58. The summed E-state index contributed by atoms with van der Waals surface area (Å²) in [5.74, 6) is -0.0718.